The topological polar surface area (TPSA) is 13.1 Å². The fraction of sp³-hybridized carbons (Fsp3) is 0. The van der Waals surface area contributed by atoms with E-state index in [4.69, 9.17) is 4.42 Å². The summed E-state index contributed by atoms with van der Waals surface area (Å²) >= 11 is 0. The first-order valence-corrected chi connectivity index (χ1v) is 21.8. The molecule has 0 saturated carbocycles. The number of hydrogen-bond acceptors (Lipinski definition) is 1. The van der Waals surface area contributed by atoms with Crippen LogP contribution in [0.1, 0.15) is 0 Å². The van der Waals surface area contributed by atoms with Gasteiger partial charge in [0.25, 0.3) is 0 Å². The van der Waals surface area contributed by atoms with Crippen LogP contribution in [0.4, 0.5) is 0 Å². The maximum Gasteiger partial charge on any atom is 0.136 e. The van der Waals surface area contributed by atoms with Gasteiger partial charge in [0.1, 0.15) is 11.2 Å². The van der Waals surface area contributed by atoms with Crippen LogP contribution in [0.2, 0.25) is 0 Å². The molecule has 290 valence electrons. The van der Waals surface area contributed by atoms with Crippen molar-refractivity contribution in [3.63, 3.8) is 0 Å². The van der Waals surface area contributed by atoms with Crippen molar-refractivity contribution in [3.8, 4) is 33.4 Å². The zero-order valence-electron chi connectivity index (χ0n) is 34.2. The third kappa shape index (κ3) is 5.11. The summed E-state index contributed by atoms with van der Waals surface area (Å²) in [6.45, 7) is 0. The lowest BCUT2D eigenvalue weighted by atomic mass is 9.87. The van der Waals surface area contributed by atoms with Crippen LogP contribution >= 0.6 is 0 Å². The molecule has 0 spiro atoms. The normalized spacial score (nSPS) is 12.1. The minimum Gasteiger partial charge on any atom is -0.456 e. The highest BCUT2D eigenvalue weighted by atomic mass is 16.3. The molecule has 14 rings (SSSR count). The van der Waals surface area contributed by atoms with Gasteiger partial charge in [0.15, 0.2) is 0 Å². The molecule has 0 fully saturated rings. The molecule has 0 bridgehead atoms. The molecule has 0 saturated heterocycles. The average Bonchev–Trinajstić information content (AvgIpc) is 3.72. The summed E-state index contributed by atoms with van der Waals surface area (Å²) in [5, 5.41) is 22.6. The first kappa shape index (κ1) is 34.5. The summed E-state index contributed by atoms with van der Waals surface area (Å²) in [4.78, 5) is 0. The molecule has 63 heavy (non-hydrogen) atoms. The van der Waals surface area contributed by atoms with E-state index in [1.165, 1.54) is 108 Å². The molecule has 0 aliphatic rings. The largest absolute Gasteiger partial charge is 0.456 e. The Bertz CT molecular complexity index is 4260. The maximum absolute atomic E-state index is 6.74. The minimum absolute atomic E-state index is 0.894. The molecular weight excluding hydrogens is 761 g/mol. The summed E-state index contributed by atoms with van der Waals surface area (Å²) in [6, 6.07) is 80.6. The highest BCUT2D eigenvalue weighted by Crippen LogP contribution is 2.44. The lowest BCUT2D eigenvalue weighted by Gasteiger charge is -2.16. The van der Waals surface area contributed by atoms with Gasteiger partial charge in [0, 0.05) is 10.8 Å². The van der Waals surface area contributed by atoms with Crippen molar-refractivity contribution in [3.05, 3.63) is 218 Å². The first-order chi connectivity index (χ1) is 31.2. The number of fused-ring (bicyclic) bond motifs is 17. The molecule has 0 aliphatic carbocycles. The van der Waals surface area contributed by atoms with Crippen LogP contribution in [0.5, 0.6) is 0 Å². The van der Waals surface area contributed by atoms with E-state index in [1.807, 2.05) is 0 Å². The molecule has 0 N–H and O–H groups in total. The predicted octanol–water partition coefficient (Wildman–Crippen LogP) is 17.8. The highest BCUT2D eigenvalue weighted by molar-refractivity contribution is 6.33. The van der Waals surface area contributed by atoms with E-state index in [0.29, 0.717) is 0 Å². The zero-order valence-corrected chi connectivity index (χ0v) is 34.2. The van der Waals surface area contributed by atoms with Crippen molar-refractivity contribution in [2.24, 2.45) is 0 Å². The van der Waals surface area contributed by atoms with E-state index < -0.39 is 0 Å². The quantitative estimate of drug-likeness (QED) is 0.162. The Morgan fingerprint density at radius 1 is 0.206 bits per heavy atom. The maximum atomic E-state index is 6.74. The molecule has 0 aliphatic heterocycles. The second-order valence-electron chi connectivity index (χ2n) is 17.1. The molecule has 13 aromatic carbocycles. The third-order valence-corrected chi connectivity index (χ3v) is 13.8. The molecule has 1 heteroatoms. The number of benzene rings is 13. The smallest absolute Gasteiger partial charge is 0.136 e. The van der Waals surface area contributed by atoms with E-state index in [9.17, 15) is 0 Å². The Kier molecular flexibility index (Phi) is 7.17. The van der Waals surface area contributed by atoms with Gasteiger partial charge in [-0.1, -0.05) is 170 Å². The van der Waals surface area contributed by atoms with E-state index in [-0.39, 0.29) is 0 Å². The molecule has 0 atom stereocenters. The lowest BCUT2D eigenvalue weighted by Crippen LogP contribution is -1.89. The highest BCUT2D eigenvalue weighted by Gasteiger charge is 2.17. The Balaban J connectivity index is 0.888. The SMILES string of the molecule is c1ccc2c(c1)ccc1c3ccccc3c(-c3ccc4c(c3)oc3cc(-c5ccc6ccc(-c7cc8c9ccccc9c9ccccc9c8c8ccccc78)cc6c5)ccc34)cc21. The van der Waals surface area contributed by atoms with Gasteiger partial charge in [-0.25, -0.2) is 0 Å². The molecular formula is C62H36O. The first-order valence-electron chi connectivity index (χ1n) is 21.8. The third-order valence-electron chi connectivity index (χ3n) is 13.8. The van der Waals surface area contributed by atoms with Crippen molar-refractivity contribution in [2.45, 2.75) is 0 Å². The standard InChI is InChI=1S/C62H36O/c1-2-12-44-38(11-1)25-28-51-46-14-3-5-16-48(46)56(35-58(44)51)42-27-30-53-52-29-26-40(33-60(52)63-61(53)34-42)39-23-21-37-22-24-41(32-43(37)31-39)57-36-59-49-17-6-4-13-45(49)47-15-7-9-19-54(47)62(59)55-20-10-8-18-50(55)57/h1-36H. The number of rotatable bonds is 3. The van der Waals surface area contributed by atoms with Gasteiger partial charge in [-0.3, -0.25) is 0 Å². The second-order valence-corrected chi connectivity index (χ2v) is 17.1. The average molecular weight is 797 g/mol. The van der Waals surface area contributed by atoms with Crippen molar-refractivity contribution < 1.29 is 4.42 Å². The van der Waals surface area contributed by atoms with Gasteiger partial charge >= 0.3 is 0 Å². The van der Waals surface area contributed by atoms with Crippen molar-refractivity contribution >= 4 is 108 Å². The van der Waals surface area contributed by atoms with Gasteiger partial charge < -0.3 is 4.42 Å². The fourth-order valence-corrected chi connectivity index (χ4v) is 10.8. The second kappa shape index (κ2) is 13.1. The van der Waals surface area contributed by atoms with Crippen molar-refractivity contribution in [2.75, 3.05) is 0 Å². The Hall–Kier alpha value is -8.26. The molecule has 0 amide bonds. The van der Waals surface area contributed by atoms with Crippen LogP contribution in [-0.2, 0) is 0 Å². The van der Waals surface area contributed by atoms with Crippen molar-refractivity contribution in [1.82, 2.24) is 0 Å². The van der Waals surface area contributed by atoms with E-state index >= 15 is 0 Å². The molecule has 0 unspecified atom stereocenters. The van der Waals surface area contributed by atoms with Gasteiger partial charge in [-0.15, -0.1) is 0 Å². The predicted molar refractivity (Wildman–Crippen MR) is 270 cm³/mol. The van der Waals surface area contributed by atoms with Gasteiger partial charge in [0.2, 0.25) is 0 Å². The fourth-order valence-electron chi connectivity index (χ4n) is 10.8. The minimum atomic E-state index is 0.894. The number of furan rings is 1. The summed E-state index contributed by atoms with van der Waals surface area (Å²) in [5.74, 6) is 0. The van der Waals surface area contributed by atoms with Crippen molar-refractivity contribution in [1.29, 1.82) is 0 Å². The monoisotopic (exact) mass is 796 g/mol. The summed E-state index contributed by atoms with van der Waals surface area (Å²) in [6.07, 6.45) is 0. The Labute approximate surface area is 362 Å². The van der Waals surface area contributed by atoms with Crippen LogP contribution in [0.15, 0.2) is 223 Å². The van der Waals surface area contributed by atoms with Crippen LogP contribution in [-0.4, -0.2) is 0 Å². The van der Waals surface area contributed by atoms with Crippen LogP contribution < -0.4 is 0 Å². The molecule has 14 aromatic rings. The molecule has 1 aromatic heterocycles. The lowest BCUT2D eigenvalue weighted by molar-refractivity contribution is 0.669. The van der Waals surface area contributed by atoms with Crippen LogP contribution in [0.25, 0.3) is 141 Å². The van der Waals surface area contributed by atoms with E-state index in [2.05, 4.69) is 218 Å². The van der Waals surface area contributed by atoms with E-state index in [0.717, 1.165) is 33.1 Å². The zero-order chi connectivity index (χ0) is 41.2. The Morgan fingerprint density at radius 3 is 1.32 bits per heavy atom. The van der Waals surface area contributed by atoms with Crippen LogP contribution in [0.3, 0.4) is 0 Å². The molecule has 1 heterocycles. The molecule has 0 radical (unpaired) electrons. The molecule has 1 nitrogen and oxygen atoms in total. The van der Waals surface area contributed by atoms with Gasteiger partial charge in [0.05, 0.1) is 0 Å². The van der Waals surface area contributed by atoms with E-state index in [1.54, 1.807) is 0 Å². The van der Waals surface area contributed by atoms with Gasteiger partial charge in [-0.2, -0.15) is 0 Å². The summed E-state index contributed by atoms with van der Waals surface area (Å²) in [5.41, 5.74) is 8.92. The number of hydrogen-bond donors (Lipinski definition) is 0. The summed E-state index contributed by atoms with van der Waals surface area (Å²) in [7, 11) is 0. The van der Waals surface area contributed by atoms with Crippen LogP contribution in [0, 0.1) is 0 Å². The van der Waals surface area contributed by atoms with Gasteiger partial charge in [-0.05, 0) is 168 Å². The Morgan fingerprint density at radius 2 is 0.603 bits per heavy atom. The summed E-state index contributed by atoms with van der Waals surface area (Å²) < 4.78 is 6.74.